The van der Waals surface area contributed by atoms with E-state index in [0.29, 0.717) is 18.8 Å². The van der Waals surface area contributed by atoms with Gasteiger partial charge in [-0.3, -0.25) is 5.32 Å². The normalized spacial score (nSPS) is 16.6. The van der Waals surface area contributed by atoms with Crippen LogP contribution in [0.5, 0.6) is 5.75 Å². The Hall–Kier alpha value is -1.84. The van der Waals surface area contributed by atoms with Gasteiger partial charge in [-0.1, -0.05) is 0 Å². The number of benzene rings is 1. The Labute approximate surface area is 142 Å². The molecule has 24 heavy (non-hydrogen) atoms. The number of quaternary nitrogens is 1. The van der Waals surface area contributed by atoms with Gasteiger partial charge in [-0.05, 0) is 25.1 Å². The quantitative estimate of drug-likeness (QED) is 0.760. The number of hydrogen-bond acceptors (Lipinski definition) is 5. The number of hydrogen-bond donors (Lipinski definition) is 2. The number of rotatable bonds is 5. The van der Waals surface area contributed by atoms with Crippen molar-refractivity contribution in [2.24, 2.45) is 0 Å². The molecule has 1 aromatic rings. The maximum atomic E-state index is 12.8. The van der Waals surface area contributed by atoms with Crippen molar-refractivity contribution in [2.45, 2.75) is 11.8 Å². The lowest BCUT2D eigenvalue weighted by Gasteiger charge is -2.29. The van der Waals surface area contributed by atoms with E-state index in [0.717, 1.165) is 13.1 Å². The van der Waals surface area contributed by atoms with Crippen LogP contribution in [0.4, 0.5) is 10.5 Å². The number of ether oxygens (including phenoxy) is 2. The summed E-state index contributed by atoms with van der Waals surface area (Å²) >= 11 is 0. The molecule has 0 bridgehead atoms. The lowest BCUT2D eigenvalue weighted by molar-refractivity contribution is -0.883. The molecule has 134 valence electrons. The van der Waals surface area contributed by atoms with Gasteiger partial charge in [0.25, 0.3) is 0 Å². The number of piperazine rings is 1. The maximum Gasteiger partial charge on any atom is 0.411 e. The molecule has 0 aromatic heterocycles. The van der Waals surface area contributed by atoms with E-state index in [4.69, 9.17) is 9.47 Å². The average molecular weight is 358 g/mol. The number of likely N-dealkylation sites (N-methyl/N-ethyl adjacent to an activating group) is 1. The standard InChI is InChI=1S/C15H23N3O5S/c1-4-23-15(19)16-13-11-12(5-6-14(13)22-3)24(20,21)18-9-7-17(2)8-10-18/h5-6,11H,4,7-10H2,1-3H3,(H,16,19)/p+1. The minimum atomic E-state index is -3.61. The Morgan fingerprint density at radius 3 is 2.58 bits per heavy atom. The van der Waals surface area contributed by atoms with Gasteiger partial charge >= 0.3 is 6.09 Å². The summed E-state index contributed by atoms with van der Waals surface area (Å²) in [5.74, 6) is 0.366. The molecular weight excluding hydrogens is 334 g/mol. The summed E-state index contributed by atoms with van der Waals surface area (Å²) in [5, 5.41) is 2.51. The van der Waals surface area contributed by atoms with Crippen LogP contribution in [0.3, 0.4) is 0 Å². The van der Waals surface area contributed by atoms with Gasteiger partial charge in [0, 0.05) is 0 Å². The molecule has 1 fully saturated rings. The Kier molecular flexibility index (Phi) is 6.03. The molecule has 0 radical (unpaired) electrons. The molecule has 1 aliphatic rings. The van der Waals surface area contributed by atoms with E-state index in [1.54, 1.807) is 6.92 Å². The zero-order valence-electron chi connectivity index (χ0n) is 14.2. The van der Waals surface area contributed by atoms with Crippen LogP contribution in [-0.2, 0) is 14.8 Å². The number of sulfonamides is 1. The van der Waals surface area contributed by atoms with Gasteiger partial charge in [0.2, 0.25) is 10.0 Å². The predicted octanol–water partition coefficient (Wildman–Crippen LogP) is -0.217. The Balaban J connectivity index is 2.28. The van der Waals surface area contributed by atoms with E-state index in [1.165, 1.54) is 34.5 Å². The van der Waals surface area contributed by atoms with Crippen molar-refractivity contribution in [3.63, 3.8) is 0 Å². The molecule has 2 rings (SSSR count). The zero-order valence-corrected chi connectivity index (χ0v) is 15.0. The Morgan fingerprint density at radius 1 is 1.33 bits per heavy atom. The van der Waals surface area contributed by atoms with Crippen molar-refractivity contribution in [1.82, 2.24) is 4.31 Å². The van der Waals surface area contributed by atoms with Crippen LogP contribution in [-0.4, -0.2) is 65.8 Å². The van der Waals surface area contributed by atoms with Crippen molar-refractivity contribution in [2.75, 3.05) is 52.3 Å². The molecule has 2 N–H and O–H groups in total. The minimum absolute atomic E-state index is 0.120. The van der Waals surface area contributed by atoms with E-state index >= 15 is 0 Å². The van der Waals surface area contributed by atoms with Crippen LogP contribution < -0.4 is 15.0 Å². The second-order valence-electron chi connectivity index (χ2n) is 5.57. The molecule has 1 amide bonds. The number of nitrogens with one attached hydrogen (secondary N) is 2. The first-order chi connectivity index (χ1) is 11.4. The van der Waals surface area contributed by atoms with Crippen LogP contribution in [0.2, 0.25) is 0 Å². The van der Waals surface area contributed by atoms with E-state index in [1.807, 2.05) is 7.05 Å². The fraction of sp³-hybridized carbons (Fsp3) is 0.533. The molecule has 0 aliphatic carbocycles. The van der Waals surface area contributed by atoms with Gasteiger partial charge < -0.3 is 14.4 Å². The SMILES string of the molecule is CCOC(=O)Nc1cc(S(=O)(=O)N2CC[NH+](C)CC2)ccc1OC. The van der Waals surface area contributed by atoms with E-state index in [2.05, 4.69) is 5.32 Å². The number of carbonyl (C=O) groups is 1. The lowest BCUT2D eigenvalue weighted by Crippen LogP contribution is -3.12. The van der Waals surface area contributed by atoms with Crippen molar-refractivity contribution in [1.29, 1.82) is 0 Å². The van der Waals surface area contributed by atoms with Crippen molar-refractivity contribution in [3.05, 3.63) is 18.2 Å². The predicted molar refractivity (Wildman–Crippen MR) is 89.0 cm³/mol. The highest BCUT2D eigenvalue weighted by molar-refractivity contribution is 7.89. The third-order valence-corrected chi connectivity index (χ3v) is 5.79. The molecule has 1 saturated heterocycles. The molecule has 1 heterocycles. The second kappa shape index (κ2) is 7.82. The smallest absolute Gasteiger partial charge is 0.411 e. The fourth-order valence-electron chi connectivity index (χ4n) is 2.48. The number of nitrogens with zero attached hydrogens (tertiary/aromatic N) is 1. The summed E-state index contributed by atoms with van der Waals surface area (Å²) in [6.45, 7) is 4.39. The molecular formula is C15H24N3O5S+. The monoisotopic (exact) mass is 358 g/mol. The number of carbonyl (C=O) groups excluding carboxylic acids is 1. The van der Waals surface area contributed by atoms with Crippen molar-refractivity contribution >= 4 is 21.8 Å². The van der Waals surface area contributed by atoms with Crippen molar-refractivity contribution < 1.29 is 27.6 Å². The summed E-state index contributed by atoms with van der Waals surface area (Å²) in [6.07, 6.45) is -0.659. The molecule has 9 heteroatoms. The van der Waals surface area contributed by atoms with Crippen LogP contribution in [0.25, 0.3) is 0 Å². The molecule has 1 aliphatic heterocycles. The van der Waals surface area contributed by atoms with Gasteiger partial charge in [-0.15, -0.1) is 0 Å². The number of methoxy groups -OCH3 is 1. The zero-order chi connectivity index (χ0) is 17.7. The van der Waals surface area contributed by atoms with Gasteiger partial charge in [-0.2, -0.15) is 4.31 Å². The summed E-state index contributed by atoms with van der Waals surface area (Å²) < 4.78 is 37.0. The topological polar surface area (TPSA) is 89.4 Å². The summed E-state index contributed by atoms with van der Waals surface area (Å²) in [7, 11) is -0.121. The highest BCUT2D eigenvalue weighted by atomic mass is 32.2. The van der Waals surface area contributed by atoms with Gasteiger partial charge in [0.1, 0.15) is 5.75 Å². The molecule has 1 aromatic carbocycles. The molecule has 0 saturated carbocycles. The summed E-state index contributed by atoms with van der Waals surface area (Å²) in [6, 6.07) is 4.40. The van der Waals surface area contributed by atoms with Crippen molar-refractivity contribution in [3.8, 4) is 5.75 Å². The van der Waals surface area contributed by atoms with Gasteiger partial charge in [-0.25, -0.2) is 13.2 Å². The third kappa shape index (κ3) is 4.16. The van der Waals surface area contributed by atoms with Gasteiger partial charge in [0.15, 0.2) is 0 Å². The highest BCUT2D eigenvalue weighted by Crippen LogP contribution is 2.29. The molecule has 0 spiro atoms. The Morgan fingerprint density at radius 2 is 2.00 bits per heavy atom. The number of anilines is 1. The van der Waals surface area contributed by atoms with E-state index in [-0.39, 0.29) is 17.2 Å². The Bertz CT molecular complexity index is 684. The minimum Gasteiger partial charge on any atom is -0.495 e. The second-order valence-corrected chi connectivity index (χ2v) is 7.51. The lowest BCUT2D eigenvalue weighted by atomic mass is 10.3. The van der Waals surface area contributed by atoms with Gasteiger partial charge in [0.05, 0.1) is 57.5 Å². The molecule has 0 unspecified atom stereocenters. The molecule has 8 nitrogen and oxygen atoms in total. The number of amides is 1. The van der Waals surface area contributed by atoms with E-state index in [9.17, 15) is 13.2 Å². The first-order valence-corrected chi connectivity index (χ1v) is 9.25. The maximum absolute atomic E-state index is 12.8. The van der Waals surface area contributed by atoms with Crippen LogP contribution >= 0.6 is 0 Å². The summed E-state index contributed by atoms with van der Waals surface area (Å²) in [4.78, 5) is 13.1. The van der Waals surface area contributed by atoms with E-state index < -0.39 is 16.1 Å². The third-order valence-electron chi connectivity index (χ3n) is 3.90. The first kappa shape index (κ1) is 18.5. The largest absolute Gasteiger partial charge is 0.495 e. The van der Waals surface area contributed by atoms with Crippen LogP contribution in [0, 0.1) is 0 Å². The summed E-state index contributed by atoms with van der Waals surface area (Å²) in [5.41, 5.74) is 0.261. The average Bonchev–Trinajstić information content (AvgIpc) is 2.55. The van der Waals surface area contributed by atoms with Crippen LogP contribution in [0.1, 0.15) is 6.92 Å². The fourth-order valence-corrected chi connectivity index (χ4v) is 3.95. The first-order valence-electron chi connectivity index (χ1n) is 7.81. The molecule has 0 atom stereocenters. The highest BCUT2D eigenvalue weighted by Gasteiger charge is 2.29. The van der Waals surface area contributed by atoms with Crippen LogP contribution in [0.15, 0.2) is 23.1 Å².